The van der Waals surface area contributed by atoms with Gasteiger partial charge in [-0.15, -0.1) is 0 Å². The zero-order valence-electron chi connectivity index (χ0n) is 28.5. The van der Waals surface area contributed by atoms with Crippen LogP contribution in [0, 0.1) is 17.0 Å². The first-order valence-electron chi connectivity index (χ1n) is 17.8. The molecule has 0 aromatic heterocycles. The third kappa shape index (κ3) is 8.17. The van der Waals surface area contributed by atoms with Crippen LogP contribution in [0.25, 0.3) is 0 Å². The van der Waals surface area contributed by atoms with Crippen molar-refractivity contribution in [2.75, 3.05) is 37.6 Å². The molecular formula is C40H52F3N3O. The first kappa shape index (κ1) is 33.9. The molecule has 0 bridgehead atoms. The molecule has 3 aliphatic rings. The largest absolute Gasteiger partial charge is 0.489 e. The molecule has 3 aromatic rings. The number of alkyl halides is 1. The molecule has 2 atom stereocenters. The first-order valence-corrected chi connectivity index (χ1v) is 17.8. The summed E-state index contributed by atoms with van der Waals surface area (Å²) in [7, 11) is 0. The molecule has 3 heterocycles. The number of ether oxygens (including phenoxy) is 1. The third-order valence-corrected chi connectivity index (χ3v) is 10.7. The molecule has 0 aliphatic carbocycles. The molecule has 47 heavy (non-hydrogen) atoms. The number of nitrogens with zero attached hydrogens (tertiary/aromatic N) is 2. The summed E-state index contributed by atoms with van der Waals surface area (Å²) < 4.78 is 54.1. The zero-order chi connectivity index (χ0) is 33.0. The maximum atomic E-state index is 16.4. The molecule has 3 aliphatic heterocycles. The van der Waals surface area contributed by atoms with Gasteiger partial charge in [-0.25, -0.2) is 13.2 Å². The average molecular weight is 648 g/mol. The predicted molar refractivity (Wildman–Crippen MR) is 185 cm³/mol. The van der Waals surface area contributed by atoms with Crippen molar-refractivity contribution in [2.24, 2.45) is 5.41 Å². The maximum Gasteiger partial charge on any atom is 0.133 e. The van der Waals surface area contributed by atoms with E-state index in [1.54, 1.807) is 0 Å². The molecule has 3 aromatic carbocycles. The van der Waals surface area contributed by atoms with E-state index in [2.05, 4.69) is 10.2 Å². The number of hydrogen-bond donors (Lipinski definition) is 1. The van der Waals surface area contributed by atoms with Crippen molar-refractivity contribution in [2.45, 2.75) is 103 Å². The van der Waals surface area contributed by atoms with Crippen molar-refractivity contribution in [3.63, 3.8) is 0 Å². The fourth-order valence-corrected chi connectivity index (χ4v) is 8.45. The summed E-state index contributed by atoms with van der Waals surface area (Å²) in [6, 6.07) is 17.9. The standard InChI is InChI=1S/C40H52F3N3O/c1-29-23-31-24-33(47-27-30-11-5-4-6-12-30)13-14-34(31)38(46(29)28-39(2,3)43)37-35(41)25-32(26-36(37)42)45-21-9-17-40(18-10-22-45)15-7-19-44-20-8-16-40/h4-6,11-14,24-26,29,38,44H,7-10,15-23,27-28H2,1-3H3/t29-,38?/m1/s1. The van der Waals surface area contributed by atoms with Gasteiger partial charge >= 0.3 is 0 Å². The normalized spacial score (nSPS) is 22.6. The minimum absolute atomic E-state index is 0.00196. The van der Waals surface area contributed by atoms with Crippen LogP contribution < -0.4 is 15.0 Å². The molecule has 2 saturated heterocycles. The minimum Gasteiger partial charge on any atom is -0.489 e. The van der Waals surface area contributed by atoms with Crippen molar-refractivity contribution in [1.29, 1.82) is 0 Å². The van der Waals surface area contributed by atoms with Gasteiger partial charge in [-0.2, -0.15) is 0 Å². The summed E-state index contributed by atoms with van der Waals surface area (Å²) in [6.45, 7) is 9.38. The fourth-order valence-electron chi connectivity index (χ4n) is 8.45. The second-order valence-electron chi connectivity index (χ2n) is 15.0. The number of nitrogens with one attached hydrogen (secondary N) is 1. The maximum absolute atomic E-state index is 16.4. The van der Waals surface area contributed by atoms with Crippen LogP contribution in [0.4, 0.5) is 18.9 Å². The van der Waals surface area contributed by atoms with E-state index in [-0.39, 0.29) is 18.2 Å². The molecule has 2 fully saturated rings. The quantitative estimate of drug-likeness (QED) is 0.277. The van der Waals surface area contributed by atoms with E-state index in [0.717, 1.165) is 55.7 Å². The van der Waals surface area contributed by atoms with Gasteiger partial charge < -0.3 is 15.0 Å². The van der Waals surface area contributed by atoms with Crippen LogP contribution >= 0.6 is 0 Å². The molecule has 0 saturated carbocycles. The van der Waals surface area contributed by atoms with E-state index < -0.39 is 23.3 Å². The molecule has 254 valence electrons. The van der Waals surface area contributed by atoms with Crippen LogP contribution in [-0.2, 0) is 13.0 Å². The Labute approximate surface area is 279 Å². The lowest BCUT2D eigenvalue weighted by Crippen LogP contribution is -2.48. The zero-order valence-corrected chi connectivity index (χ0v) is 28.5. The van der Waals surface area contributed by atoms with Gasteiger partial charge in [-0.3, -0.25) is 4.90 Å². The Morgan fingerprint density at radius 2 is 1.51 bits per heavy atom. The van der Waals surface area contributed by atoms with E-state index in [9.17, 15) is 0 Å². The number of halogens is 3. The number of anilines is 1. The predicted octanol–water partition coefficient (Wildman–Crippen LogP) is 9.16. The van der Waals surface area contributed by atoms with E-state index in [1.165, 1.54) is 64.5 Å². The van der Waals surface area contributed by atoms with Crippen molar-refractivity contribution in [3.05, 3.63) is 94.6 Å². The second kappa shape index (κ2) is 14.6. The minimum atomic E-state index is -1.54. The van der Waals surface area contributed by atoms with Gasteiger partial charge in [0.25, 0.3) is 0 Å². The summed E-state index contributed by atoms with van der Waals surface area (Å²) in [5, 5.41) is 3.53. The van der Waals surface area contributed by atoms with Crippen LogP contribution in [0.2, 0.25) is 0 Å². The van der Waals surface area contributed by atoms with Crippen LogP contribution in [-0.4, -0.2) is 49.3 Å². The van der Waals surface area contributed by atoms with Crippen molar-refractivity contribution >= 4 is 5.69 Å². The topological polar surface area (TPSA) is 27.7 Å². The van der Waals surface area contributed by atoms with Gasteiger partial charge in [0.15, 0.2) is 0 Å². The molecular weight excluding hydrogens is 595 g/mol. The van der Waals surface area contributed by atoms with E-state index in [1.807, 2.05) is 60.4 Å². The summed E-state index contributed by atoms with van der Waals surface area (Å²) in [4.78, 5) is 4.11. The summed E-state index contributed by atoms with van der Waals surface area (Å²) in [5.74, 6) is -0.423. The Morgan fingerprint density at radius 1 is 0.872 bits per heavy atom. The van der Waals surface area contributed by atoms with E-state index in [4.69, 9.17) is 4.74 Å². The lowest BCUT2D eigenvalue weighted by Gasteiger charge is -2.44. The Morgan fingerprint density at radius 3 is 2.15 bits per heavy atom. The van der Waals surface area contributed by atoms with Gasteiger partial charge in [-0.05, 0) is 138 Å². The Hall–Kier alpha value is -3.03. The molecule has 1 spiro atoms. The van der Waals surface area contributed by atoms with Gasteiger partial charge in [-0.1, -0.05) is 36.4 Å². The smallest absolute Gasteiger partial charge is 0.133 e. The van der Waals surface area contributed by atoms with Gasteiger partial charge in [0.2, 0.25) is 0 Å². The molecule has 1 N–H and O–H groups in total. The van der Waals surface area contributed by atoms with Crippen LogP contribution in [0.15, 0.2) is 60.7 Å². The summed E-state index contributed by atoms with van der Waals surface area (Å²) in [5.41, 5.74) is 2.33. The van der Waals surface area contributed by atoms with Crippen LogP contribution in [0.5, 0.6) is 5.75 Å². The van der Waals surface area contributed by atoms with Gasteiger partial charge in [0, 0.05) is 36.9 Å². The van der Waals surface area contributed by atoms with Crippen LogP contribution in [0.3, 0.4) is 0 Å². The highest BCUT2D eigenvalue weighted by Gasteiger charge is 2.40. The van der Waals surface area contributed by atoms with Crippen molar-refractivity contribution in [3.8, 4) is 5.75 Å². The number of hydrogen-bond acceptors (Lipinski definition) is 4. The SMILES string of the molecule is C[C@@H]1Cc2cc(OCc3ccccc3)ccc2C(c2c(F)cc(N3CCCC4(CCCNCCC4)CCC3)cc2F)N1CC(C)(C)F. The van der Waals surface area contributed by atoms with Crippen LogP contribution in [0.1, 0.15) is 100 Å². The molecule has 0 radical (unpaired) electrons. The summed E-state index contributed by atoms with van der Waals surface area (Å²) >= 11 is 0. The number of benzene rings is 3. The third-order valence-electron chi connectivity index (χ3n) is 10.7. The van der Waals surface area contributed by atoms with E-state index in [0.29, 0.717) is 29.9 Å². The Kier molecular flexibility index (Phi) is 10.5. The molecule has 1 unspecified atom stereocenters. The highest BCUT2D eigenvalue weighted by molar-refractivity contribution is 5.52. The Balaban J connectivity index is 1.26. The molecule has 6 rings (SSSR count). The van der Waals surface area contributed by atoms with Crippen molar-refractivity contribution < 1.29 is 17.9 Å². The van der Waals surface area contributed by atoms with E-state index >= 15 is 13.2 Å². The number of fused-ring (bicyclic) bond motifs is 1. The highest BCUT2D eigenvalue weighted by Crippen LogP contribution is 2.44. The Bertz CT molecular complexity index is 1450. The second-order valence-corrected chi connectivity index (χ2v) is 15.0. The number of rotatable bonds is 7. The molecule has 0 amide bonds. The fraction of sp³-hybridized carbons (Fsp3) is 0.550. The average Bonchev–Trinajstić information content (AvgIpc) is 3.00. The lowest BCUT2D eigenvalue weighted by atomic mass is 9.71. The lowest BCUT2D eigenvalue weighted by molar-refractivity contribution is 0.0652. The first-order chi connectivity index (χ1) is 22.6. The van der Waals surface area contributed by atoms with Crippen molar-refractivity contribution in [1.82, 2.24) is 10.2 Å². The monoisotopic (exact) mass is 647 g/mol. The van der Waals surface area contributed by atoms with Gasteiger partial charge in [0.05, 0.1) is 6.04 Å². The summed E-state index contributed by atoms with van der Waals surface area (Å²) in [6.07, 6.45) is 10.0. The molecule has 4 nitrogen and oxygen atoms in total. The van der Waals surface area contributed by atoms with Gasteiger partial charge in [0.1, 0.15) is 29.7 Å². The molecule has 7 heteroatoms. The highest BCUT2D eigenvalue weighted by atomic mass is 19.1.